The molecule has 1 aliphatic rings. The monoisotopic (exact) mass is 195 g/mol. The number of hydrogen-bond acceptors (Lipinski definition) is 2. The molecule has 2 atom stereocenters. The highest BCUT2D eigenvalue weighted by molar-refractivity contribution is 7.91. The Labute approximate surface area is 81.6 Å². The van der Waals surface area contributed by atoms with Crippen LogP contribution in [0.1, 0.15) is 30.1 Å². The van der Waals surface area contributed by atoms with E-state index in [1.54, 1.807) is 6.20 Å². The summed E-state index contributed by atoms with van der Waals surface area (Å²) in [7, 11) is 0. The number of aromatic nitrogens is 1. The van der Waals surface area contributed by atoms with Gasteiger partial charge in [0, 0.05) is 18.0 Å². The SMILES string of the molecule is [O-][S+]1CCCC[C@@H]1c1cccnc1. The van der Waals surface area contributed by atoms with Crippen molar-refractivity contribution in [2.45, 2.75) is 24.5 Å². The predicted octanol–water partition coefficient (Wildman–Crippen LogP) is 2.06. The highest BCUT2D eigenvalue weighted by Crippen LogP contribution is 2.32. The van der Waals surface area contributed by atoms with E-state index in [4.69, 9.17) is 0 Å². The fourth-order valence-corrected chi connectivity index (χ4v) is 3.38. The molecule has 13 heavy (non-hydrogen) atoms. The van der Waals surface area contributed by atoms with Crippen LogP contribution in [0.3, 0.4) is 0 Å². The summed E-state index contributed by atoms with van der Waals surface area (Å²) in [6.07, 6.45) is 6.97. The Bertz CT molecular complexity index is 265. The largest absolute Gasteiger partial charge is 0.616 e. The van der Waals surface area contributed by atoms with Gasteiger partial charge in [-0.3, -0.25) is 4.98 Å². The van der Waals surface area contributed by atoms with Crippen LogP contribution in [0, 0.1) is 0 Å². The van der Waals surface area contributed by atoms with Gasteiger partial charge >= 0.3 is 0 Å². The van der Waals surface area contributed by atoms with Crippen molar-refractivity contribution >= 4 is 11.2 Å². The Balaban J connectivity index is 2.15. The summed E-state index contributed by atoms with van der Waals surface area (Å²) in [5, 5.41) is 0.238. The molecule has 1 unspecified atom stereocenters. The van der Waals surface area contributed by atoms with Crippen molar-refractivity contribution < 1.29 is 4.55 Å². The first-order valence-corrected chi connectivity index (χ1v) is 6.03. The fraction of sp³-hybridized carbons (Fsp3) is 0.500. The average molecular weight is 195 g/mol. The molecule has 0 bridgehead atoms. The molecule has 0 N–H and O–H groups in total. The van der Waals surface area contributed by atoms with Crippen molar-refractivity contribution in [1.82, 2.24) is 4.98 Å². The number of nitrogens with zero attached hydrogens (tertiary/aromatic N) is 1. The van der Waals surface area contributed by atoms with Crippen molar-refractivity contribution in [3.63, 3.8) is 0 Å². The van der Waals surface area contributed by atoms with Crippen LogP contribution in [0.5, 0.6) is 0 Å². The topological polar surface area (TPSA) is 36.0 Å². The van der Waals surface area contributed by atoms with Gasteiger partial charge in [0.25, 0.3) is 0 Å². The molecule has 1 aromatic rings. The molecular weight excluding hydrogens is 182 g/mol. The highest BCUT2D eigenvalue weighted by atomic mass is 32.2. The molecule has 2 rings (SSSR count). The van der Waals surface area contributed by atoms with Gasteiger partial charge in [0.1, 0.15) is 11.0 Å². The van der Waals surface area contributed by atoms with Crippen LogP contribution in [-0.2, 0) is 11.2 Å². The van der Waals surface area contributed by atoms with Crippen LogP contribution >= 0.6 is 0 Å². The lowest BCUT2D eigenvalue weighted by Gasteiger charge is -2.25. The van der Waals surface area contributed by atoms with E-state index in [9.17, 15) is 4.55 Å². The third-order valence-corrected chi connectivity index (χ3v) is 4.27. The van der Waals surface area contributed by atoms with Gasteiger partial charge < -0.3 is 4.55 Å². The van der Waals surface area contributed by atoms with Crippen molar-refractivity contribution in [3.8, 4) is 0 Å². The summed E-state index contributed by atoms with van der Waals surface area (Å²) in [4.78, 5) is 4.06. The van der Waals surface area contributed by atoms with Crippen molar-refractivity contribution in [1.29, 1.82) is 0 Å². The third kappa shape index (κ3) is 2.03. The lowest BCUT2D eigenvalue weighted by atomic mass is 10.1. The first-order valence-electron chi connectivity index (χ1n) is 4.65. The second-order valence-electron chi connectivity index (χ2n) is 3.36. The third-order valence-electron chi connectivity index (χ3n) is 2.44. The Hall–Kier alpha value is -0.540. The zero-order valence-corrected chi connectivity index (χ0v) is 8.30. The molecule has 1 aliphatic heterocycles. The van der Waals surface area contributed by atoms with Crippen LogP contribution in [0.2, 0.25) is 0 Å². The molecule has 1 saturated heterocycles. The minimum atomic E-state index is -0.669. The van der Waals surface area contributed by atoms with Gasteiger partial charge in [0.2, 0.25) is 0 Å². The molecule has 0 radical (unpaired) electrons. The average Bonchev–Trinajstić information content (AvgIpc) is 2.20. The minimum Gasteiger partial charge on any atom is -0.616 e. The summed E-state index contributed by atoms with van der Waals surface area (Å²) in [6.45, 7) is 0. The van der Waals surface area contributed by atoms with Crippen LogP contribution in [0.15, 0.2) is 24.5 Å². The number of rotatable bonds is 1. The van der Waals surface area contributed by atoms with E-state index in [0.717, 1.165) is 24.2 Å². The summed E-state index contributed by atoms with van der Waals surface area (Å²) in [5.74, 6) is 0.861. The molecular formula is C10H13NOS. The zero-order valence-electron chi connectivity index (χ0n) is 7.48. The van der Waals surface area contributed by atoms with Crippen molar-refractivity contribution in [2.24, 2.45) is 0 Å². The number of hydrogen-bond donors (Lipinski definition) is 0. The molecule has 0 spiro atoms. The van der Waals surface area contributed by atoms with Crippen LogP contribution in [0.25, 0.3) is 0 Å². The first kappa shape index (κ1) is 9.03. The van der Waals surface area contributed by atoms with Crippen molar-refractivity contribution in [2.75, 3.05) is 5.75 Å². The molecule has 70 valence electrons. The molecule has 2 heterocycles. The summed E-state index contributed by atoms with van der Waals surface area (Å²) in [6, 6.07) is 3.95. The van der Waals surface area contributed by atoms with Gasteiger partial charge in [-0.1, -0.05) is 6.07 Å². The maximum Gasteiger partial charge on any atom is 0.142 e. The van der Waals surface area contributed by atoms with Crippen molar-refractivity contribution in [3.05, 3.63) is 30.1 Å². The normalized spacial score (nSPS) is 28.7. The van der Waals surface area contributed by atoms with E-state index >= 15 is 0 Å². The number of pyridine rings is 1. The fourth-order valence-electron chi connectivity index (χ4n) is 1.73. The predicted molar refractivity (Wildman–Crippen MR) is 53.8 cm³/mol. The van der Waals surface area contributed by atoms with E-state index in [-0.39, 0.29) is 5.25 Å². The Morgan fingerprint density at radius 3 is 3.08 bits per heavy atom. The Kier molecular flexibility index (Phi) is 2.86. The molecule has 1 aromatic heterocycles. The second kappa shape index (κ2) is 4.11. The first-order chi connectivity index (χ1) is 6.38. The minimum absolute atomic E-state index is 0.238. The summed E-state index contributed by atoms with van der Waals surface area (Å²) in [5.41, 5.74) is 1.14. The molecule has 2 nitrogen and oxygen atoms in total. The zero-order chi connectivity index (χ0) is 9.10. The van der Waals surface area contributed by atoms with Gasteiger partial charge in [-0.25, -0.2) is 0 Å². The molecule has 3 heteroatoms. The van der Waals surface area contributed by atoms with E-state index < -0.39 is 11.2 Å². The lowest BCUT2D eigenvalue weighted by Crippen LogP contribution is -2.21. The van der Waals surface area contributed by atoms with Gasteiger partial charge in [0.15, 0.2) is 0 Å². The molecule has 0 aromatic carbocycles. The van der Waals surface area contributed by atoms with Gasteiger partial charge in [-0.2, -0.15) is 0 Å². The maximum atomic E-state index is 11.7. The summed E-state index contributed by atoms with van der Waals surface area (Å²) >= 11 is -0.669. The van der Waals surface area contributed by atoms with Gasteiger partial charge in [-0.15, -0.1) is 0 Å². The Morgan fingerprint density at radius 2 is 2.38 bits per heavy atom. The van der Waals surface area contributed by atoms with Crippen LogP contribution in [-0.4, -0.2) is 15.3 Å². The van der Waals surface area contributed by atoms with E-state index in [1.165, 1.54) is 6.42 Å². The van der Waals surface area contributed by atoms with Crippen LogP contribution < -0.4 is 0 Å². The highest BCUT2D eigenvalue weighted by Gasteiger charge is 2.27. The lowest BCUT2D eigenvalue weighted by molar-refractivity contribution is 0.545. The van der Waals surface area contributed by atoms with Crippen LogP contribution in [0.4, 0.5) is 0 Å². The molecule has 0 aliphatic carbocycles. The van der Waals surface area contributed by atoms with E-state index in [1.807, 2.05) is 18.3 Å². The molecule has 0 amide bonds. The Morgan fingerprint density at radius 1 is 1.46 bits per heavy atom. The molecule has 1 fully saturated rings. The smallest absolute Gasteiger partial charge is 0.142 e. The second-order valence-corrected chi connectivity index (χ2v) is 5.09. The van der Waals surface area contributed by atoms with E-state index in [0.29, 0.717) is 0 Å². The van der Waals surface area contributed by atoms with E-state index in [2.05, 4.69) is 4.98 Å². The summed E-state index contributed by atoms with van der Waals surface area (Å²) < 4.78 is 11.7. The van der Waals surface area contributed by atoms with Gasteiger partial charge in [0.05, 0.1) is 0 Å². The standard InChI is InChI=1S/C10H13NOS/c12-13-7-2-1-5-10(13)9-4-3-6-11-8-9/h3-4,6,8,10H,1-2,5,7H2/t10-,13?/m1/s1. The molecule has 0 saturated carbocycles. The quantitative estimate of drug-likeness (QED) is 0.643. The maximum absolute atomic E-state index is 11.7. The van der Waals surface area contributed by atoms with Gasteiger partial charge in [-0.05, 0) is 36.5 Å².